The molecule has 0 fully saturated rings. The van der Waals surface area contributed by atoms with Crippen molar-refractivity contribution in [3.8, 4) is 11.6 Å². The van der Waals surface area contributed by atoms with Gasteiger partial charge in [-0.3, -0.25) is 9.78 Å². The lowest BCUT2D eigenvalue weighted by atomic mass is 9.95. The Kier molecular flexibility index (Phi) is 4.08. The van der Waals surface area contributed by atoms with Crippen LogP contribution in [0, 0.1) is 0 Å². The second-order valence-electron chi connectivity index (χ2n) is 7.13. The van der Waals surface area contributed by atoms with Crippen molar-refractivity contribution in [2.24, 2.45) is 0 Å². The Morgan fingerprint density at radius 3 is 2.76 bits per heavy atom. The second-order valence-corrected chi connectivity index (χ2v) is 7.56. The van der Waals surface area contributed by atoms with Crippen LogP contribution in [0.25, 0.3) is 16.6 Å². The van der Waals surface area contributed by atoms with Gasteiger partial charge in [-0.1, -0.05) is 35.9 Å². The molecule has 7 nitrogen and oxygen atoms in total. The van der Waals surface area contributed by atoms with Gasteiger partial charge in [0.2, 0.25) is 5.88 Å². The summed E-state index contributed by atoms with van der Waals surface area (Å²) in [6.07, 6.45) is 0.850. The fraction of sp³-hybridized carbons (Fsp3) is 0.143. The maximum Gasteiger partial charge on any atom is 0.335 e. The number of nitrogens with one attached hydrogen (secondary N) is 2. The van der Waals surface area contributed by atoms with Gasteiger partial charge in [0.1, 0.15) is 5.56 Å². The lowest BCUT2D eigenvalue weighted by molar-refractivity contribution is -0.690. The number of aromatic nitrogens is 3. The molecule has 2 aromatic heterocycles. The summed E-state index contributed by atoms with van der Waals surface area (Å²) in [7, 11) is 0. The number of H-pyrrole nitrogens is 2. The van der Waals surface area contributed by atoms with Gasteiger partial charge in [0, 0.05) is 22.3 Å². The van der Waals surface area contributed by atoms with Gasteiger partial charge in [-0.25, -0.2) is 9.36 Å². The number of nitrogens with two attached hydrogens (primary N) is 1. The fourth-order valence-corrected chi connectivity index (χ4v) is 4.39. The van der Waals surface area contributed by atoms with E-state index in [4.69, 9.17) is 11.6 Å². The zero-order valence-corrected chi connectivity index (χ0v) is 16.0. The fourth-order valence-electron chi connectivity index (χ4n) is 4.20. The van der Waals surface area contributed by atoms with Gasteiger partial charge in [0.15, 0.2) is 6.04 Å². The highest BCUT2D eigenvalue weighted by Crippen LogP contribution is 2.32. The van der Waals surface area contributed by atoms with Crippen molar-refractivity contribution < 1.29 is 10.4 Å². The van der Waals surface area contributed by atoms with Crippen LogP contribution in [0.2, 0.25) is 5.02 Å². The number of rotatable bonds is 2. The first-order valence-corrected chi connectivity index (χ1v) is 9.69. The van der Waals surface area contributed by atoms with Gasteiger partial charge < -0.3 is 15.4 Å². The van der Waals surface area contributed by atoms with Gasteiger partial charge in [-0.15, -0.1) is 0 Å². The van der Waals surface area contributed by atoms with E-state index in [-0.39, 0.29) is 11.4 Å². The van der Waals surface area contributed by atoms with Crippen LogP contribution in [-0.2, 0) is 6.42 Å². The molecule has 4 aromatic rings. The Bertz CT molecular complexity index is 1370. The van der Waals surface area contributed by atoms with E-state index in [0.29, 0.717) is 10.7 Å². The summed E-state index contributed by atoms with van der Waals surface area (Å²) in [6, 6.07) is 14.1. The normalized spacial score (nSPS) is 16.1. The van der Waals surface area contributed by atoms with Crippen molar-refractivity contribution in [3.63, 3.8) is 0 Å². The largest absolute Gasteiger partial charge is 0.494 e. The number of aromatic hydroxyl groups is 1. The number of benzene rings is 2. The Labute approximate surface area is 169 Å². The molecular weight excluding hydrogens is 392 g/mol. The molecule has 5 N–H and O–H groups in total. The van der Waals surface area contributed by atoms with Crippen molar-refractivity contribution in [2.45, 2.75) is 12.5 Å². The number of nitrogens with zero attached hydrogens (tertiary/aromatic N) is 1. The van der Waals surface area contributed by atoms with Crippen LogP contribution in [0.3, 0.4) is 0 Å². The van der Waals surface area contributed by atoms with Gasteiger partial charge >= 0.3 is 5.69 Å². The zero-order valence-electron chi connectivity index (χ0n) is 15.3. The maximum absolute atomic E-state index is 12.7. The molecule has 3 heterocycles. The molecule has 0 unspecified atom stereocenters. The van der Waals surface area contributed by atoms with Crippen molar-refractivity contribution in [1.29, 1.82) is 0 Å². The highest BCUT2D eigenvalue weighted by molar-refractivity contribution is 6.30. The molecule has 1 aliphatic heterocycles. The van der Waals surface area contributed by atoms with Crippen LogP contribution < -0.4 is 16.6 Å². The highest BCUT2D eigenvalue weighted by atomic mass is 35.5. The van der Waals surface area contributed by atoms with E-state index >= 15 is 0 Å². The number of hydrogen-bond acceptors (Lipinski definition) is 3. The molecule has 1 aliphatic rings. The minimum Gasteiger partial charge on any atom is -0.494 e. The number of hydrogen-bond donors (Lipinski definition) is 4. The van der Waals surface area contributed by atoms with Crippen LogP contribution in [0.1, 0.15) is 22.9 Å². The molecule has 146 valence electrons. The van der Waals surface area contributed by atoms with Gasteiger partial charge in [-0.05, 0) is 29.8 Å². The molecule has 8 heteroatoms. The molecule has 0 spiro atoms. The summed E-state index contributed by atoms with van der Waals surface area (Å²) in [5, 5.41) is 14.5. The lowest BCUT2D eigenvalue weighted by Gasteiger charge is -2.22. The van der Waals surface area contributed by atoms with Crippen LogP contribution in [0.4, 0.5) is 0 Å². The average Bonchev–Trinajstić information content (AvgIpc) is 3.07. The third-order valence-corrected chi connectivity index (χ3v) is 5.69. The summed E-state index contributed by atoms with van der Waals surface area (Å²) in [4.78, 5) is 31.0. The van der Waals surface area contributed by atoms with Gasteiger partial charge in [0.05, 0.1) is 17.9 Å². The van der Waals surface area contributed by atoms with E-state index in [1.165, 1.54) is 0 Å². The molecular formula is C21H18ClN4O3+. The molecule has 5 rings (SSSR count). The van der Waals surface area contributed by atoms with Crippen LogP contribution in [0.5, 0.6) is 5.88 Å². The Morgan fingerprint density at radius 1 is 1.10 bits per heavy atom. The molecule has 2 aromatic carbocycles. The van der Waals surface area contributed by atoms with E-state index in [9.17, 15) is 14.7 Å². The lowest BCUT2D eigenvalue weighted by Crippen LogP contribution is -2.87. The molecule has 1 atom stereocenters. The SMILES string of the molecule is O=c1[nH]c(=O)n(-c2cccc(Cl)c2)c(O)c1[C@H]1[NH2+]CCc2c1[nH]c1ccccc21. The van der Waals surface area contributed by atoms with E-state index < -0.39 is 17.3 Å². The molecule has 0 saturated heterocycles. The van der Waals surface area contributed by atoms with Gasteiger partial charge in [-0.2, -0.15) is 0 Å². The van der Waals surface area contributed by atoms with E-state index in [0.717, 1.165) is 39.7 Å². The quantitative estimate of drug-likeness (QED) is 0.403. The third kappa shape index (κ3) is 2.78. The number of halogens is 1. The molecule has 0 bridgehead atoms. The highest BCUT2D eigenvalue weighted by Gasteiger charge is 2.34. The van der Waals surface area contributed by atoms with E-state index in [1.54, 1.807) is 24.3 Å². The predicted molar refractivity (Wildman–Crippen MR) is 110 cm³/mol. The molecule has 0 aliphatic carbocycles. The van der Waals surface area contributed by atoms with Crippen molar-refractivity contribution in [1.82, 2.24) is 14.5 Å². The molecule has 0 amide bonds. The standard InChI is InChI=1S/C21H17ClN4O3/c22-11-4-3-5-12(10-11)26-20(28)16(19(27)25-21(26)29)18-17-14(8-9-23-18)13-6-1-2-7-15(13)24-17/h1-7,10,18,23-24,28H,8-9H2,(H,25,27,29)/p+1/t18-/m1/s1. The second kappa shape index (κ2) is 6.65. The summed E-state index contributed by atoms with van der Waals surface area (Å²) in [6.45, 7) is 0.759. The first-order chi connectivity index (χ1) is 14.0. The summed E-state index contributed by atoms with van der Waals surface area (Å²) in [5.74, 6) is -0.381. The first-order valence-electron chi connectivity index (χ1n) is 9.31. The maximum atomic E-state index is 12.7. The summed E-state index contributed by atoms with van der Waals surface area (Å²) in [5.41, 5.74) is 2.19. The third-order valence-electron chi connectivity index (χ3n) is 5.45. The average molecular weight is 410 g/mol. The number of aromatic amines is 2. The summed E-state index contributed by atoms with van der Waals surface area (Å²) >= 11 is 6.05. The van der Waals surface area contributed by atoms with Crippen molar-refractivity contribution in [2.75, 3.05) is 6.54 Å². The molecule has 0 radical (unpaired) electrons. The summed E-state index contributed by atoms with van der Waals surface area (Å²) < 4.78 is 1.08. The smallest absolute Gasteiger partial charge is 0.335 e. The molecule has 29 heavy (non-hydrogen) atoms. The van der Waals surface area contributed by atoms with E-state index in [1.807, 2.05) is 29.6 Å². The monoisotopic (exact) mass is 409 g/mol. The van der Waals surface area contributed by atoms with Gasteiger partial charge in [0.25, 0.3) is 5.56 Å². The van der Waals surface area contributed by atoms with Crippen molar-refractivity contribution >= 4 is 22.5 Å². The number of para-hydroxylation sites is 1. The van der Waals surface area contributed by atoms with Crippen LogP contribution in [-0.4, -0.2) is 26.2 Å². The number of fused-ring (bicyclic) bond motifs is 3. The first kappa shape index (κ1) is 17.8. The minimum atomic E-state index is -0.716. The van der Waals surface area contributed by atoms with Crippen LogP contribution >= 0.6 is 11.6 Å². The number of quaternary nitrogens is 1. The Hall–Kier alpha value is -3.29. The van der Waals surface area contributed by atoms with Crippen LogP contribution in [0.15, 0.2) is 58.1 Å². The van der Waals surface area contributed by atoms with E-state index in [2.05, 4.69) is 9.97 Å². The Morgan fingerprint density at radius 2 is 1.93 bits per heavy atom. The predicted octanol–water partition coefficient (Wildman–Crippen LogP) is 1.57. The topological polar surface area (TPSA) is 107 Å². The zero-order chi connectivity index (χ0) is 20.1. The minimum absolute atomic E-state index is 0.136. The van der Waals surface area contributed by atoms with Crippen molar-refractivity contribution in [3.05, 3.63) is 91.2 Å². The molecule has 0 saturated carbocycles. The Balaban J connectivity index is 1.75.